The van der Waals surface area contributed by atoms with Crippen LogP contribution in [0.2, 0.25) is 0 Å². The number of aryl methyl sites for hydroxylation is 4. The van der Waals surface area contributed by atoms with Gasteiger partial charge in [0, 0.05) is 36.6 Å². The van der Waals surface area contributed by atoms with Crippen molar-refractivity contribution in [1.82, 2.24) is 20.4 Å². The largest absolute Gasteiger partial charge is 0.361 e. The Morgan fingerprint density at radius 3 is 2.65 bits per heavy atom. The summed E-state index contributed by atoms with van der Waals surface area (Å²) in [5.74, 6) is 1.63. The lowest BCUT2D eigenvalue weighted by molar-refractivity contribution is -0.125. The van der Waals surface area contributed by atoms with Crippen LogP contribution in [0.5, 0.6) is 0 Å². The molecule has 1 aliphatic heterocycles. The molecule has 0 saturated carbocycles. The summed E-state index contributed by atoms with van der Waals surface area (Å²) >= 11 is 0. The molecule has 0 unspecified atom stereocenters. The van der Waals surface area contributed by atoms with Gasteiger partial charge in [0.1, 0.15) is 5.76 Å². The van der Waals surface area contributed by atoms with E-state index in [0.717, 1.165) is 60.2 Å². The van der Waals surface area contributed by atoms with Crippen molar-refractivity contribution >= 4 is 11.9 Å². The molecule has 1 aliphatic rings. The summed E-state index contributed by atoms with van der Waals surface area (Å²) in [7, 11) is 0. The van der Waals surface area contributed by atoms with E-state index in [1.165, 1.54) is 0 Å². The number of carbonyl (C=O) groups is 1. The van der Waals surface area contributed by atoms with E-state index in [-0.39, 0.29) is 11.8 Å². The molecular formula is C19H27N5O2. The average molecular weight is 357 g/mol. The molecule has 3 rings (SSSR count). The van der Waals surface area contributed by atoms with Crippen LogP contribution in [0.25, 0.3) is 0 Å². The van der Waals surface area contributed by atoms with Crippen molar-refractivity contribution in [2.45, 2.75) is 47.0 Å². The molecule has 140 valence electrons. The Balaban J connectivity index is 1.56. The second-order valence-corrected chi connectivity index (χ2v) is 7.08. The Hall–Kier alpha value is -2.44. The molecule has 2 aromatic heterocycles. The maximum atomic E-state index is 12.6. The number of carbonyl (C=O) groups excluding carboxylic acids is 1. The maximum absolute atomic E-state index is 12.6. The maximum Gasteiger partial charge on any atom is 0.225 e. The van der Waals surface area contributed by atoms with Crippen molar-refractivity contribution in [3.63, 3.8) is 0 Å². The highest BCUT2D eigenvalue weighted by molar-refractivity contribution is 5.79. The number of nitrogens with one attached hydrogen (secondary N) is 1. The van der Waals surface area contributed by atoms with Crippen LogP contribution in [-0.2, 0) is 11.2 Å². The second-order valence-electron chi connectivity index (χ2n) is 7.08. The number of anilines is 1. The first-order chi connectivity index (χ1) is 12.4. The van der Waals surface area contributed by atoms with Gasteiger partial charge in [-0.15, -0.1) is 0 Å². The fourth-order valence-electron chi connectivity index (χ4n) is 3.54. The van der Waals surface area contributed by atoms with Crippen LogP contribution in [-0.4, -0.2) is 40.7 Å². The summed E-state index contributed by atoms with van der Waals surface area (Å²) in [5, 5.41) is 7.02. The molecule has 0 aliphatic carbocycles. The Bertz CT molecular complexity index is 746. The average Bonchev–Trinajstić information content (AvgIpc) is 2.93. The zero-order valence-electron chi connectivity index (χ0n) is 16.0. The molecule has 0 radical (unpaired) electrons. The van der Waals surface area contributed by atoms with Gasteiger partial charge in [0.05, 0.1) is 11.6 Å². The zero-order chi connectivity index (χ0) is 18.7. The Morgan fingerprint density at radius 1 is 1.27 bits per heavy atom. The third kappa shape index (κ3) is 4.20. The fraction of sp³-hybridized carbons (Fsp3) is 0.579. The first-order valence-corrected chi connectivity index (χ1v) is 9.20. The molecule has 3 heterocycles. The van der Waals surface area contributed by atoms with Crippen LogP contribution in [0, 0.1) is 33.6 Å². The molecule has 2 aromatic rings. The number of hydrogen-bond donors (Lipinski definition) is 1. The van der Waals surface area contributed by atoms with Gasteiger partial charge in [-0.25, -0.2) is 9.97 Å². The van der Waals surface area contributed by atoms with Gasteiger partial charge in [-0.1, -0.05) is 5.16 Å². The molecule has 26 heavy (non-hydrogen) atoms. The van der Waals surface area contributed by atoms with Gasteiger partial charge in [-0.05, 0) is 53.0 Å². The van der Waals surface area contributed by atoms with E-state index in [1.54, 1.807) is 0 Å². The van der Waals surface area contributed by atoms with Crippen LogP contribution in [0.1, 0.15) is 41.2 Å². The second kappa shape index (κ2) is 7.85. The molecule has 0 spiro atoms. The van der Waals surface area contributed by atoms with Crippen LogP contribution in [0.3, 0.4) is 0 Å². The monoisotopic (exact) mass is 357 g/mol. The van der Waals surface area contributed by atoms with Crippen molar-refractivity contribution in [3.05, 3.63) is 34.5 Å². The van der Waals surface area contributed by atoms with Gasteiger partial charge < -0.3 is 14.7 Å². The molecule has 1 amide bonds. The van der Waals surface area contributed by atoms with Crippen LogP contribution >= 0.6 is 0 Å². The molecule has 1 fully saturated rings. The summed E-state index contributed by atoms with van der Waals surface area (Å²) in [5.41, 5.74) is 3.89. The Morgan fingerprint density at radius 2 is 2.00 bits per heavy atom. The number of nitrogens with zero attached hydrogens (tertiary/aromatic N) is 4. The Kier molecular flexibility index (Phi) is 5.54. The van der Waals surface area contributed by atoms with Gasteiger partial charge >= 0.3 is 0 Å². The number of hydrogen-bond acceptors (Lipinski definition) is 6. The van der Waals surface area contributed by atoms with Crippen molar-refractivity contribution in [2.24, 2.45) is 5.92 Å². The van der Waals surface area contributed by atoms with Crippen molar-refractivity contribution in [3.8, 4) is 0 Å². The zero-order valence-corrected chi connectivity index (χ0v) is 16.0. The number of rotatable bonds is 5. The van der Waals surface area contributed by atoms with Gasteiger partial charge in [0.2, 0.25) is 11.9 Å². The summed E-state index contributed by atoms with van der Waals surface area (Å²) in [6, 6.07) is 1.96. The van der Waals surface area contributed by atoms with Crippen LogP contribution < -0.4 is 10.2 Å². The molecule has 7 heteroatoms. The predicted molar refractivity (Wildman–Crippen MR) is 99.1 cm³/mol. The standard InChI is InChI=1S/C19H27N5O2/c1-12-10-13(2)22-19(21-12)24-9-5-6-16(11-24)18(25)20-8-7-17-14(3)23-26-15(17)4/h10,16H,5-9,11H2,1-4H3,(H,20,25)/t16-/m1/s1. The minimum Gasteiger partial charge on any atom is -0.361 e. The van der Waals surface area contributed by atoms with Crippen molar-refractivity contribution < 1.29 is 9.32 Å². The third-order valence-corrected chi connectivity index (χ3v) is 4.90. The lowest BCUT2D eigenvalue weighted by Gasteiger charge is -2.32. The summed E-state index contributed by atoms with van der Waals surface area (Å²) in [6.07, 6.45) is 2.61. The lowest BCUT2D eigenvalue weighted by Crippen LogP contribution is -2.44. The van der Waals surface area contributed by atoms with Crippen molar-refractivity contribution in [1.29, 1.82) is 0 Å². The SMILES string of the molecule is Cc1cc(C)nc(N2CCC[C@@H](C(=O)NCCc3c(C)noc3C)C2)n1. The minimum atomic E-state index is -0.0298. The molecule has 7 nitrogen and oxygen atoms in total. The van der Waals surface area contributed by atoms with Crippen LogP contribution in [0.4, 0.5) is 5.95 Å². The third-order valence-electron chi connectivity index (χ3n) is 4.90. The number of amides is 1. The molecule has 0 bridgehead atoms. The van der Waals surface area contributed by atoms with E-state index < -0.39 is 0 Å². The number of aromatic nitrogens is 3. The fourth-order valence-corrected chi connectivity index (χ4v) is 3.54. The van der Waals surface area contributed by atoms with Gasteiger partial charge in [-0.2, -0.15) is 0 Å². The highest BCUT2D eigenvalue weighted by Gasteiger charge is 2.27. The molecule has 0 aromatic carbocycles. The lowest BCUT2D eigenvalue weighted by atomic mass is 9.97. The highest BCUT2D eigenvalue weighted by Crippen LogP contribution is 2.21. The summed E-state index contributed by atoms with van der Waals surface area (Å²) in [6.45, 7) is 9.93. The normalized spacial score (nSPS) is 17.4. The Labute approximate surface area is 154 Å². The van der Waals surface area contributed by atoms with E-state index in [0.29, 0.717) is 13.1 Å². The van der Waals surface area contributed by atoms with E-state index in [4.69, 9.17) is 4.52 Å². The summed E-state index contributed by atoms with van der Waals surface area (Å²) in [4.78, 5) is 23.8. The van der Waals surface area contributed by atoms with Gasteiger partial charge in [0.15, 0.2) is 0 Å². The van der Waals surface area contributed by atoms with Crippen molar-refractivity contribution in [2.75, 3.05) is 24.5 Å². The quantitative estimate of drug-likeness (QED) is 0.884. The first-order valence-electron chi connectivity index (χ1n) is 9.20. The van der Waals surface area contributed by atoms with Gasteiger partial charge in [0.25, 0.3) is 0 Å². The minimum absolute atomic E-state index is 0.0298. The van der Waals surface area contributed by atoms with E-state index in [9.17, 15) is 4.79 Å². The topological polar surface area (TPSA) is 84.2 Å². The predicted octanol–water partition coefficient (Wildman–Crippen LogP) is 2.27. The van der Waals surface area contributed by atoms with Gasteiger partial charge in [-0.3, -0.25) is 4.79 Å². The molecule has 1 atom stereocenters. The summed E-state index contributed by atoms with van der Waals surface area (Å²) < 4.78 is 5.17. The van der Waals surface area contributed by atoms with E-state index in [1.807, 2.05) is 33.8 Å². The van der Waals surface area contributed by atoms with Crippen LogP contribution in [0.15, 0.2) is 10.6 Å². The highest BCUT2D eigenvalue weighted by atomic mass is 16.5. The molecular weight excluding hydrogens is 330 g/mol. The van der Waals surface area contributed by atoms with E-state index in [2.05, 4.69) is 25.3 Å². The smallest absolute Gasteiger partial charge is 0.225 e. The molecule has 1 N–H and O–H groups in total. The van der Waals surface area contributed by atoms with E-state index >= 15 is 0 Å². The number of piperidine rings is 1. The molecule has 1 saturated heterocycles. The first kappa shape index (κ1) is 18.4.